The molecule has 1 aliphatic rings. The van der Waals surface area contributed by atoms with Crippen LogP contribution in [0.5, 0.6) is 0 Å². The minimum absolute atomic E-state index is 0.252. The largest absolute Gasteiger partial charge is 0.394 e. The topological polar surface area (TPSA) is 119 Å². The van der Waals surface area contributed by atoms with Gasteiger partial charge in [0.2, 0.25) is 0 Å². The van der Waals surface area contributed by atoms with Crippen LogP contribution in [-0.4, -0.2) is 48.5 Å². The Morgan fingerprint density at radius 2 is 2.25 bits per heavy atom. The van der Waals surface area contributed by atoms with Crippen LogP contribution in [0.2, 0.25) is 0 Å². The number of imidazole rings is 1. The molecule has 1 saturated heterocycles. The second-order valence-electron chi connectivity index (χ2n) is 4.35. The molecular weight excluding hydrogens is 286 g/mol. The maximum Gasteiger partial charge on any atom is 0.167 e. The standard InChI is InChI=1S/C11H12ClN5O3/c12-1-5-8(19)6(2-18)20-11(5)17-4-16-7-9(13)14-3-15-10(7)17/h1,3-4,6,8,11,18-19H,2H2,(H2,13,14,15)/t6-,8+,11-/m1/s1. The third-order valence-electron chi connectivity index (χ3n) is 3.23. The summed E-state index contributed by atoms with van der Waals surface area (Å²) in [5, 5.41) is 19.2. The zero-order chi connectivity index (χ0) is 14.3. The van der Waals surface area contributed by atoms with Crippen molar-refractivity contribution in [2.75, 3.05) is 12.3 Å². The molecule has 8 nitrogen and oxygen atoms in total. The number of nitrogens with zero attached hydrogens (tertiary/aromatic N) is 4. The number of halogens is 1. The molecule has 0 amide bonds. The highest BCUT2D eigenvalue weighted by Crippen LogP contribution is 2.36. The van der Waals surface area contributed by atoms with Crippen molar-refractivity contribution < 1.29 is 14.9 Å². The molecule has 0 radical (unpaired) electrons. The normalized spacial score (nSPS) is 28.6. The number of aromatic nitrogens is 4. The van der Waals surface area contributed by atoms with Crippen molar-refractivity contribution in [2.24, 2.45) is 0 Å². The number of aliphatic hydroxyl groups excluding tert-OH is 2. The quantitative estimate of drug-likeness (QED) is 0.701. The minimum atomic E-state index is -0.987. The fraction of sp³-hybridized carbons (Fsp3) is 0.364. The third kappa shape index (κ3) is 1.85. The van der Waals surface area contributed by atoms with Crippen LogP contribution in [0.3, 0.4) is 0 Å². The van der Waals surface area contributed by atoms with Crippen LogP contribution in [-0.2, 0) is 4.74 Å². The van der Waals surface area contributed by atoms with Crippen molar-refractivity contribution in [1.82, 2.24) is 19.5 Å². The van der Waals surface area contributed by atoms with Gasteiger partial charge in [0.1, 0.15) is 24.1 Å². The van der Waals surface area contributed by atoms with Crippen molar-refractivity contribution in [3.63, 3.8) is 0 Å². The van der Waals surface area contributed by atoms with Crippen molar-refractivity contribution in [3.05, 3.63) is 23.8 Å². The van der Waals surface area contributed by atoms with Crippen molar-refractivity contribution in [1.29, 1.82) is 0 Å². The van der Waals surface area contributed by atoms with Gasteiger partial charge in [-0.1, -0.05) is 11.6 Å². The summed E-state index contributed by atoms with van der Waals surface area (Å²) in [7, 11) is 0. The molecule has 3 rings (SSSR count). The zero-order valence-corrected chi connectivity index (χ0v) is 11.0. The van der Waals surface area contributed by atoms with E-state index in [0.29, 0.717) is 16.7 Å². The third-order valence-corrected chi connectivity index (χ3v) is 3.48. The summed E-state index contributed by atoms with van der Waals surface area (Å²) in [5.74, 6) is 0.252. The maximum atomic E-state index is 10.0. The molecule has 0 saturated carbocycles. The second-order valence-corrected chi connectivity index (χ2v) is 4.56. The van der Waals surface area contributed by atoms with Gasteiger partial charge in [-0.2, -0.15) is 0 Å². The summed E-state index contributed by atoms with van der Waals surface area (Å²) in [6, 6.07) is 0. The van der Waals surface area contributed by atoms with Gasteiger partial charge in [-0.15, -0.1) is 0 Å². The number of hydrogen-bond donors (Lipinski definition) is 3. The number of ether oxygens (including phenoxy) is 1. The van der Waals surface area contributed by atoms with Crippen LogP contribution in [0.1, 0.15) is 6.23 Å². The van der Waals surface area contributed by atoms with E-state index in [4.69, 9.17) is 22.1 Å². The van der Waals surface area contributed by atoms with Crippen LogP contribution in [0, 0.1) is 0 Å². The maximum absolute atomic E-state index is 10.0. The molecular formula is C11H12ClN5O3. The Hall–Kier alpha value is -1.74. The second kappa shape index (κ2) is 4.98. The molecule has 9 heteroatoms. The predicted octanol–water partition coefficient (Wildman–Crippen LogP) is -0.218. The molecule has 0 aliphatic carbocycles. The fourth-order valence-electron chi connectivity index (χ4n) is 2.21. The van der Waals surface area contributed by atoms with Crippen molar-refractivity contribution >= 4 is 28.6 Å². The van der Waals surface area contributed by atoms with Crippen LogP contribution in [0.25, 0.3) is 11.2 Å². The summed E-state index contributed by atoms with van der Waals surface area (Å²) in [6.45, 7) is -0.324. The van der Waals surface area contributed by atoms with Gasteiger partial charge in [0.15, 0.2) is 17.7 Å². The number of nitrogen functional groups attached to an aromatic ring is 1. The van der Waals surface area contributed by atoms with Gasteiger partial charge in [-0.3, -0.25) is 4.57 Å². The lowest BCUT2D eigenvalue weighted by molar-refractivity contribution is -0.0422. The molecule has 106 valence electrons. The summed E-state index contributed by atoms with van der Waals surface area (Å²) < 4.78 is 7.17. The van der Waals surface area contributed by atoms with Crippen LogP contribution < -0.4 is 5.73 Å². The zero-order valence-electron chi connectivity index (χ0n) is 10.2. The van der Waals surface area contributed by atoms with Gasteiger partial charge in [-0.05, 0) is 0 Å². The van der Waals surface area contributed by atoms with Gasteiger partial charge < -0.3 is 20.7 Å². The van der Waals surface area contributed by atoms with Gasteiger partial charge in [0.25, 0.3) is 0 Å². The first kappa shape index (κ1) is 13.3. The molecule has 2 aromatic rings. The number of rotatable bonds is 2. The van der Waals surface area contributed by atoms with Crippen molar-refractivity contribution in [2.45, 2.75) is 18.4 Å². The molecule has 1 aliphatic heterocycles. The molecule has 0 aromatic carbocycles. The lowest BCUT2D eigenvalue weighted by Crippen LogP contribution is -2.25. The van der Waals surface area contributed by atoms with E-state index in [1.807, 2.05) is 0 Å². The van der Waals surface area contributed by atoms with Crippen LogP contribution in [0.15, 0.2) is 23.8 Å². The number of nitrogens with two attached hydrogens (primary N) is 1. The first-order valence-electron chi connectivity index (χ1n) is 5.85. The van der Waals surface area contributed by atoms with Crippen LogP contribution >= 0.6 is 11.6 Å². The Bertz CT molecular complexity index is 673. The lowest BCUT2D eigenvalue weighted by Gasteiger charge is -2.14. The van der Waals surface area contributed by atoms with Gasteiger partial charge in [0.05, 0.1) is 12.9 Å². The molecule has 1 fully saturated rings. The van der Waals surface area contributed by atoms with Crippen LogP contribution in [0.4, 0.5) is 5.82 Å². The minimum Gasteiger partial charge on any atom is -0.394 e. The number of aliphatic hydroxyl groups is 2. The Balaban J connectivity index is 2.09. The lowest BCUT2D eigenvalue weighted by atomic mass is 10.1. The first-order valence-corrected chi connectivity index (χ1v) is 6.28. The fourth-order valence-corrected chi connectivity index (χ4v) is 2.45. The van der Waals surface area contributed by atoms with Gasteiger partial charge in [-0.25, -0.2) is 15.0 Å². The molecule has 20 heavy (non-hydrogen) atoms. The number of hydrogen-bond acceptors (Lipinski definition) is 7. The number of fused-ring (bicyclic) bond motifs is 1. The predicted molar refractivity (Wildman–Crippen MR) is 70.7 cm³/mol. The summed E-state index contributed by atoms with van der Waals surface area (Å²) in [4.78, 5) is 12.1. The average Bonchev–Trinajstić information content (AvgIpc) is 3.00. The van der Waals surface area contributed by atoms with Gasteiger partial charge >= 0.3 is 0 Å². The van der Waals surface area contributed by atoms with E-state index in [0.717, 1.165) is 0 Å². The molecule has 2 aromatic heterocycles. The molecule has 3 heterocycles. The Morgan fingerprint density at radius 3 is 2.95 bits per heavy atom. The monoisotopic (exact) mass is 297 g/mol. The summed E-state index contributed by atoms with van der Waals surface area (Å²) in [6.07, 6.45) is 0.363. The average molecular weight is 298 g/mol. The van der Waals surface area contributed by atoms with E-state index in [-0.39, 0.29) is 12.4 Å². The Kier molecular flexibility index (Phi) is 3.30. The molecule has 0 spiro atoms. The van der Waals surface area contributed by atoms with E-state index in [1.54, 1.807) is 4.57 Å². The van der Waals surface area contributed by atoms with Gasteiger partial charge in [0, 0.05) is 11.1 Å². The smallest absolute Gasteiger partial charge is 0.167 e. The molecule has 0 unspecified atom stereocenters. The first-order chi connectivity index (χ1) is 9.67. The highest BCUT2D eigenvalue weighted by atomic mass is 35.5. The van der Waals surface area contributed by atoms with E-state index < -0.39 is 18.4 Å². The Morgan fingerprint density at radius 1 is 1.45 bits per heavy atom. The Labute approximate surface area is 118 Å². The van der Waals surface area contributed by atoms with E-state index >= 15 is 0 Å². The highest BCUT2D eigenvalue weighted by Gasteiger charge is 2.40. The summed E-state index contributed by atoms with van der Waals surface area (Å²) >= 11 is 5.74. The molecule has 3 atom stereocenters. The van der Waals surface area contributed by atoms with E-state index in [1.165, 1.54) is 18.2 Å². The summed E-state index contributed by atoms with van der Waals surface area (Å²) in [5.41, 5.74) is 8.27. The molecule has 0 bridgehead atoms. The van der Waals surface area contributed by atoms with E-state index in [9.17, 15) is 10.2 Å². The molecule has 4 N–H and O–H groups in total. The SMILES string of the molecule is Nc1ncnc2c1ncn2[C@@H]1O[C@H](CO)[C@@H](O)C1=CCl. The van der Waals surface area contributed by atoms with E-state index in [2.05, 4.69) is 15.0 Å². The number of anilines is 1. The van der Waals surface area contributed by atoms with Crippen molar-refractivity contribution in [3.8, 4) is 0 Å². The highest BCUT2D eigenvalue weighted by molar-refractivity contribution is 6.25.